The van der Waals surface area contributed by atoms with E-state index in [-0.39, 0.29) is 0 Å². The number of nitrogen functional groups attached to an aromatic ring is 1. The van der Waals surface area contributed by atoms with Crippen LogP contribution in [0.25, 0.3) is 0 Å². The van der Waals surface area contributed by atoms with Crippen LogP contribution in [0.1, 0.15) is 19.4 Å². The number of nitrogens with zero attached hydrogens (tertiary/aromatic N) is 1. The third-order valence-electron chi connectivity index (χ3n) is 1.85. The zero-order valence-corrected chi connectivity index (χ0v) is 8.83. The van der Waals surface area contributed by atoms with Crippen molar-refractivity contribution in [2.75, 3.05) is 17.6 Å². The highest BCUT2D eigenvalue weighted by Crippen LogP contribution is 2.13. The van der Waals surface area contributed by atoms with Crippen LogP contribution in [-0.4, -0.2) is 22.2 Å². The summed E-state index contributed by atoms with van der Waals surface area (Å²) in [6, 6.07) is 1.86. The molecule has 0 saturated carbocycles. The van der Waals surface area contributed by atoms with Gasteiger partial charge in [0.15, 0.2) is 0 Å². The zero-order chi connectivity index (χ0) is 10.8. The van der Waals surface area contributed by atoms with E-state index < -0.39 is 5.60 Å². The summed E-state index contributed by atoms with van der Waals surface area (Å²) in [7, 11) is 0. The van der Waals surface area contributed by atoms with E-state index in [0.29, 0.717) is 12.2 Å². The van der Waals surface area contributed by atoms with Crippen LogP contribution in [0.4, 0.5) is 11.5 Å². The molecule has 1 heterocycles. The normalized spacial score (nSPS) is 11.4. The maximum Gasteiger partial charge on any atom is 0.126 e. The number of anilines is 2. The number of nitrogens with two attached hydrogens (primary N) is 1. The van der Waals surface area contributed by atoms with Crippen LogP contribution < -0.4 is 11.1 Å². The van der Waals surface area contributed by atoms with E-state index in [4.69, 9.17) is 5.73 Å². The number of nitrogens with one attached hydrogen (secondary N) is 1. The predicted octanol–water partition coefficient (Wildman–Crippen LogP) is 1.16. The number of hydrogen-bond acceptors (Lipinski definition) is 4. The summed E-state index contributed by atoms with van der Waals surface area (Å²) in [4.78, 5) is 4.09. The molecule has 0 atom stereocenters. The van der Waals surface area contributed by atoms with Crippen molar-refractivity contribution in [3.05, 3.63) is 17.8 Å². The first-order valence-electron chi connectivity index (χ1n) is 4.57. The van der Waals surface area contributed by atoms with Gasteiger partial charge in [-0.25, -0.2) is 4.98 Å². The Morgan fingerprint density at radius 2 is 2.21 bits per heavy atom. The lowest BCUT2D eigenvalue weighted by Gasteiger charge is -2.18. The lowest BCUT2D eigenvalue weighted by Crippen LogP contribution is -2.29. The van der Waals surface area contributed by atoms with E-state index in [2.05, 4.69) is 10.3 Å². The van der Waals surface area contributed by atoms with Crippen LogP contribution in [0.2, 0.25) is 0 Å². The van der Waals surface area contributed by atoms with Gasteiger partial charge in [0.2, 0.25) is 0 Å². The van der Waals surface area contributed by atoms with Gasteiger partial charge < -0.3 is 16.2 Å². The van der Waals surface area contributed by atoms with Gasteiger partial charge in [0.1, 0.15) is 5.82 Å². The largest absolute Gasteiger partial charge is 0.397 e. The molecule has 1 aromatic heterocycles. The van der Waals surface area contributed by atoms with Gasteiger partial charge in [-0.05, 0) is 32.4 Å². The van der Waals surface area contributed by atoms with Crippen molar-refractivity contribution in [1.82, 2.24) is 4.98 Å². The van der Waals surface area contributed by atoms with Crippen LogP contribution in [0.15, 0.2) is 12.3 Å². The van der Waals surface area contributed by atoms with E-state index in [0.717, 1.165) is 11.4 Å². The highest BCUT2D eigenvalue weighted by Gasteiger charge is 2.11. The first-order chi connectivity index (χ1) is 6.38. The zero-order valence-electron chi connectivity index (χ0n) is 8.83. The van der Waals surface area contributed by atoms with Gasteiger partial charge in [0, 0.05) is 6.54 Å². The Bertz CT molecular complexity index is 318. The minimum Gasteiger partial charge on any atom is -0.397 e. The molecule has 4 N–H and O–H groups in total. The summed E-state index contributed by atoms with van der Waals surface area (Å²) in [6.07, 6.45) is 1.61. The second kappa shape index (κ2) is 3.84. The van der Waals surface area contributed by atoms with E-state index in [1.165, 1.54) is 0 Å². The Morgan fingerprint density at radius 3 is 2.71 bits per heavy atom. The van der Waals surface area contributed by atoms with Gasteiger partial charge in [-0.2, -0.15) is 0 Å². The number of rotatable bonds is 3. The summed E-state index contributed by atoms with van der Waals surface area (Å²) in [5.41, 5.74) is 6.56. The molecule has 4 heteroatoms. The highest BCUT2D eigenvalue weighted by atomic mass is 16.3. The van der Waals surface area contributed by atoms with Crippen molar-refractivity contribution in [3.63, 3.8) is 0 Å². The van der Waals surface area contributed by atoms with Crippen LogP contribution in [0, 0.1) is 6.92 Å². The van der Waals surface area contributed by atoms with Crippen molar-refractivity contribution < 1.29 is 5.11 Å². The second-order valence-electron chi connectivity index (χ2n) is 4.09. The Labute approximate surface area is 84.2 Å². The lowest BCUT2D eigenvalue weighted by atomic mass is 10.1. The van der Waals surface area contributed by atoms with Crippen LogP contribution >= 0.6 is 0 Å². The molecule has 78 valence electrons. The minimum atomic E-state index is -0.739. The molecule has 0 fully saturated rings. The van der Waals surface area contributed by atoms with E-state index in [1.54, 1.807) is 20.0 Å². The fourth-order valence-electron chi connectivity index (χ4n) is 0.970. The van der Waals surface area contributed by atoms with Gasteiger partial charge in [-0.15, -0.1) is 0 Å². The topological polar surface area (TPSA) is 71.2 Å². The molecule has 14 heavy (non-hydrogen) atoms. The average molecular weight is 195 g/mol. The Morgan fingerprint density at radius 1 is 1.57 bits per heavy atom. The van der Waals surface area contributed by atoms with E-state index in [9.17, 15) is 5.11 Å². The fourth-order valence-corrected chi connectivity index (χ4v) is 0.970. The molecular weight excluding hydrogens is 178 g/mol. The molecule has 0 unspecified atom stereocenters. The number of pyridine rings is 1. The van der Waals surface area contributed by atoms with Crippen LogP contribution in [-0.2, 0) is 0 Å². The van der Waals surface area contributed by atoms with Crippen LogP contribution in [0.5, 0.6) is 0 Å². The molecule has 0 spiro atoms. The molecule has 0 aliphatic carbocycles. The lowest BCUT2D eigenvalue weighted by molar-refractivity contribution is 0.0944. The van der Waals surface area contributed by atoms with E-state index >= 15 is 0 Å². The SMILES string of the molecule is Cc1cc(NCC(C)(C)O)ncc1N. The first-order valence-corrected chi connectivity index (χ1v) is 4.57. The van der Waals surface area contributed by atoms with Gasteiger partial charge in [0.25, 0.3) is 0 Å². The standard InChI is InChI=1S/C10H17N3O/c1-7-4-9(12-5-8(7)11)13-6-10(2,3)14/h4-5,14H,6,11H2,1-3H3,(H,12,13). The summed E-state index contributed by atoms with van der Waals surface area (Å²) in [5.74, 6) is 0.735. The van der Waals surface area contributed by atoms with Crippen molar-refractivity contribution in [3.8, 4) is 0 Å². The van der Waals surface area contributed by atoms with Gasteiger partial charge in [-0.3, -0.25) is 0 Å². The second-order valence-corrected chi connectivity index (χ2v) is 4.09. The molecule has 1 aromatic rings. The Hall–Kier alpha value is -1.29. The predicted molar refractivity (Wildman–Crippen MR) is 58.2 cm³/mol. The van der Waals surface area contributed by atoms with Gasteiger partial charge in [0.05, 0.1) is 17.5 Å². The van der Waals surface area contributed by atoms with Crippen molar-refractivity contribution in [1.29, 1.82) is 0 Å². The molecule has 0 radical (unpaired) electrons. The molecular formula is C10H17N3O. The minimum absolute atomic E-state index is 0.462. The number of aliphatic hydroxyl groups is 1. The first kappa shape index (κ1) is 10.8. The molecule has 4 nitrogen and oxygen atoms in total. The highest BCUT2D eigenvalue weighted by molar-refractivity contribution is 5.50. The Balaban J connectivity index is 2.65. The molecule has 1 rings (SSSR count). The number of aryl methyl sites for hydroxylation is 1. The average Bonchev–Trinajstić information content (AvgIpc) is 2.06. The number of aromatic nitrogens is 1. The quantitative estimate of drug-likeness (QED) is 0.676. The van der Waals surface area contributed by atoms with Gasteiger partial charge >= 0.3 is 0 Å². The van der Waals surface area contributed by atoms with Crippen molar-refractivity contribution in [2.24, 2.45) is 0 Å². The summed E-state index contributed by atoms with van der Waals surface area (Å²) in [5, 5.41) is 12.5. The smallest absolute Gasteiger partial charge is 0.126 e. The fraction of sp³-hybridized carbons (Fsp3) is 0.500. The maximum absolute atomic E-state index is 9.49. The summed E-state index contributed by atoms with van der Waals surface area (Å²) in [6.45, 7) is 5.87. The van der Waals surface area contributed by atoms with Gasteiger partial charge in [-0.1, -0.05) is 0 Å². The third kappa shape index (κ3) is 3.22. The molecule has 0 saturated heterocycles. The molecule has 0 aliphatic rings. The monoisotopic (exact) mass is 195 g/mol. The maximum atomic E-state index is 9.49. The summed E-state index contributed by atoms with van der Waals surface area (Å²) < 4.78 is 0. The van der Waals surface area contributed by atoms with Crippen molar-refractivity contribution in [2.45, 2.75) is 26.4 Å². The molecule has 0 amide bonds. The Kier molecular flexibility index (Phi) is 2.96. The number of hydrogen-bond donors (Lipinski definition) is 3. The molecule has 0 aliphatic heterocycles. The van der Waals surface area contributed by atoms with Crippen LogP contribution in [0.3, 0.4) is 0 Å². The molecule has 0 bridgehead atoms. The third-order valence-corrected chi connectivity index (χ3v) is 1.85. The molecule has 0 aromatic carbocycles. The van der Waals surface area contributed by atoms with E-state index in [1.807, 2.05) is 13.0 Å². The summed E-state index contributed by atoms with van der Waals surface area (Å²) >= 11 is 0. The van der Waals surface area contributed by atoms with Crippen molar-refractivity contribution >= 4 is 11.5 Å².